The van der Waals surface area contributed by atoms with E-state index in [1.54, 1.807) is 0 Å². The minimum atomic E-state index is 0.00859. The minimum absolute atomic E-state index is 0.00859. The molecule has 21 heavy (non-hydrogen) atoms. The molecule has 0 saturated heterocycles. The maximum Gasteiger partial charge on any atom is 0.104 e. The van der Waals surface area contributed by atoms with Crippen molar-refractivity contribution in [1.82, 2.24) is 14.7 Å². The Kier molecular flexibility index (Phi) is 13.3. The number of hydrogen-bond acceptors (Lipinski definition) is 6. The van der Waals surface area contributed by atoms with Gasteiger partial charge in [-0.2, -0.15) is 0 Å². The van der Waals surface area contributed by atoms with Gasteiger partial charge in [0.2, 0.25) is 0 Å². The lowest BCUT2D eigenvalue weighted by Crippen LogP contribution is -2.31. The van der Waals surface area contributed by atoms with Gasteiger partial charge in [-0.3, -0.25) is 0 Å². The lowest BCUT2D eigenvalue weighted by atomic mass is 10.4. The second-order valence-electron chi connectivity index (χ2n) is 6.05. The highest BCUT2D eigenvalue weighted by atomic mass is 16.6. The maximum atomic E-state index is 5.85. The normalized spacial score (nSPS) is 12.3. The van der Waals surface area contributed by atoms with Gasteiger partial charge in [0.1, 0.15) is 6.10 Å². The molecule has 0 aromatic carbocycles. The molecule has 128 valence electrons. The van der Waals surface area contributed by atoms with Crippen molar-refractivity contribution in [1.29, 1.82) is 0 Å². The van der Waals surface area contributed by atoms with Gasteiger partial charge in [0.15, 0.2) is 0 Å². The molecule has 0 aromatic rings. The van der Waals surface area contributed by atoms with Crippen molar-refractivity contribution in [2.24, 2.45) is 0 Å². The second-order valence-corrected chi connectivity index (χ2v) is 6.05. The predicted octanol–water partition coefficient (Wildman–Crippen LogP) is 0.0896. The Morgan fingerprint density at radius 2 is 1.00 bits per heavy atom. The predicted molar refractivity (Wildman–Crippen MR) is 87.0 cm³/mol. The van der Waals surface area contributed by atoms with E-state index in [-0.39, 0.29) is 6.10 Å². The molecule has 0 bridgehead atoms. The van der Waals surface area contributed by atoms with Crippen LogP contribution in [0.5, 0.6) is 0 Å². The van der Waals surface area contributed by atoms with Gasteiger partial charge in [0.05, 0.1) is 33.0 Å². The summed E-state index contributed by atoms with van der Waals surface area (Å²) in [6, 6.07) is 0. The second kappa shape index (κ2) is 13.4. The zero-order valence-electron chi connectivity index (χ0n) is 14.8. The molecular weight excluding hydrogens is 270 g/mol. The first-order valence-corrected chi connectivity index (χ1v) is 7.63. The van der Waals surface area contributed by atoms with Crippen LogP contribution in [-0.4, -0.2) is 116 Å². The van der Waals surface area contributed by atoms with Crippen molar-refractivity contribution in [3.8, 4) is 0 Å². The Labute approximate surface area is 130 Å². The van der Waals surface area contributed by atoms with Gasteiger partial charge in [-0.05, 0) is 42.3 Å². The van der Waals surface area contributed by atoms with Gasteiger partial charge in [-0.1, -0.05) is 0 Å². The smallest absolute Gasteiger partial charge is 0.104 e. The average Bonchev–Trinajstić information content (AvgIpc) is 2.37. The number of likely N-dealkylation sites (N-methyl/N-ethyl adjacent to an activating group) is 3. The first-order chi connectivity index (χ1) is 9.91. The Bertz CT molecular complexity index is 210. The highest BCUT2D eigenvalue weighted by Gasteiger charge is 2.10. The summed E-state index contributed by atoms with van der Waals surface area (Å²) in [4.78, 5) is 6.32. The van der Waals surface area contributed by atoms with Crippen LogP contribution in [0, 0.1) is 0 Å². The van der Waals surface area contributed by atoms with Gasteiger partial charge >= 0.3 is 0 Å². The van der Waals surface area contributed by atoms with Crippen molar-refractivity contribution in [2.45, 2.75) is 6.10 Å². The third-order valence-electron chi connectivity index (χ3n) is 2.87. The molecule has 0 saturated carbocycles. The van der Waals surface area contributed by atoms with E-state index < -0.39 is 0 Å². The molecule has 0 aliphatic heterocycles. The summed E-state index contributed by atoms with van der Waals surface area (Å²) in [6.45, 7) is 6.07. The van der Waals surface area contributed by atoms with E-state index in [4.69, 9.17) is 14.2 Å². The van der Waals surface area contributed by atoms with Gasteiger partial charge < -0.3 is 28.9 Å². The van der Waals surface area contributed by atoms with Crippen LogP contribution >= 0.6 is 0 Å². The maximum absolute atomic E-state index is 5.85. The monoisotopic (exact) mass is 305 g/mol. The molecule has 6 heteroatoms. The highest BCUT2D eigenvalue weighted by molar-refractivity contribution is 4.57. The average molecular weight is 305 g/mol. The molecular formula is C15H35N3O3. The molecule has 0 unspecified atom stereocenters. The summed E-state index contributed by atoms with van der Waals surface area (Å²) in [7, 11) is 12.2. The van der Waals surface area contributed by atoms with E-state index in [2.05, 4.69) is 14.7 Å². The van der Waals surface area contributed by atoms with Crippen molar-refractivity contribution in [3.63, 3.8) is 0 Å². The molecule has 0 atom stereocenters. The Morgan fingerprint density at radius 1 is 0.619 bits per heavy atom. The fourth-order valence-electron chi connectivity index (χ4n) is 1.47. The zero-order chi connectivity index (χ0) is 16.1. The summed E-state index contributed by atoms with van der Waals surface area (Å²) in [5.41, 5.74) is 0. The van der Waals surface area contributed by atoms with Crippen LogP contribution in [0.1, 0.15) is 0 Å². The van der Waals surface area contributed by atoms with Crippen molar-refractivity contribution in [3.05, 3.63) is 0 Å². The molecule has 0 fully saturated rings. The molecule has 0 aliphatic carbocycles. The highest BCUT2D eigenvalue weighted by Crippen LogP contribution is 1.97. The van der Waals surface area contributed by atoms with E-state index in [0.717, 1.165) is 32.8 Å². The van der Waals surface area contributed by atoms with Crippen molar-refractivity contribution < 1.29 is 14.2 Å². The molecule has 0 radical (unpaired) electrons. The SMILES string of the molecule is CN(C)CCOCC(COCCN(C)C)OCCN(C)C. The van der Waals surface area contributed by atoms with E-state index in [1.165, 1.54) is 0 Å². The Balaban J connectivity index is 3.85. The molecule has 0 aromatic heterocycles. The Morgan fingerprint density at radius 3 is 1.38 bits per heavy atom. The fraction of sp³-hybridized carbons (Fsp3) is 1.00. The Hall–Kier alpha value is -0.240. The van der Waals surface area contributed by atoms with Crippen LogP contribution in [0.15, 0.2) is 0 Å². The van der Waals surface area contributed by atoms with Crippen LogP contribution in [-0.2, 0) is 14.2 Å². The fourth-order valence-corrected chi connectivity index (χ4v) is 1.47. The van der Waals surface area contributed by atoms with Gasteiger partial charge in [0.25, 0.3) is 0 Å². The molecule has 0 spiro atoms. The number of rotatable bonds is 14. The third-order valence-corrected chi connectivity index (χ3v) is 2.87. The summed E-state index contributed by atoms with van der Waals surface area (Å²) in [6.07, 6.45) is 0.00859. The lowest BCUT2D eigenvalue weighted by molar-refractivity contribution is -0.0643. The summed E-state index contributed by atoms with van der Waals surface area (Å²) in [5, 5.41) is 0. The molecule has 0 N–H and O–H groups in total. The molecule has 0 rings (SSSR count). The molecule has 6 nitrogen and oxygen atoms in total. The molecule has 0 aliphatic rings. The minimum Gasteiger partial charge on any atom is -0.377 e. The first kappa shape index (κ1) is 20.8. The summed E-state index contributed by atoms with van der Waals surface area (Å²) in [5.74, 6) is 0. The van der Waals surface area contributed by atoms with Crippen LogP contribution in [0.2, 0.25) is 0 Å². The number of hydrogen-bond donors (Lipinski definition) is 0. The lowest BCUT2D eigenvalue weighted by Gasteiger charge is -2.20. The summed E-state index contributed by atoms with van der Waals surface area (Å²) < 4.78 is 17.2. The zero-order valence-corrected chi connectivity index (χ0v) is 14.8. The van der Waals surface area contributed by atoms with Gasteiger partial charge in [-0.15, -0.1) is 0 Å². The topological polar surface area (TPSA) is 37.4 Å². The molecule has 0 heterocycles. The third kappa shape index (κ3) is 16.0. The largest absolute Gasteiger partial charge is 0.377 e. The van der Waals surface area contributed by atoms with E-state index in [1.807, 2.05) is 42.3 Å². The number of ether oxygens (including phenoxy) is 3. The van der Waals surface area contributed by atoms with E-state index in [0.29, 0.717) is 19.8 Å². The van der Waals surface area contributed by atoms with Gasteiger partial charge in [-0.25, -0.2) is 0 Å². The quantitative estimate of drug-likeness (QED) is 0.424. The van der Waals surface area contributed by atoms with Crippen molar-refractivity contribution in [2.75, 3.05) is 95.0 Å². The van der Waals surface area contributed by atoms with E-state index in [9.17, 15) is 0 Å². The van der Waals surface area contributed by atoms with Crippen LogP contribution < -0.4 is 0 Å². The van der Waals surface area contributed by atoms with Crippen LogP contribution in [0.3, 0.4) is 0 Å². The summed E-state index contributed by atoms with van der Waals surface area (Å²) >= 11 is 0. The first-order valence-electron chi connectivity index (χ1n) is 7.63. The van der Waals surface area contributed by atoms with Gasteiger partial charge in [0, 0.05) is 19.6 Å². The standard InChI is InChI=1S/C15H35N3O3/c1-16(2)7-10-19-13-15(21-12-9-18(5)6)14-20-11-8-17(3)4/h15H,7-14H2,1-6H3. The van der Waals surface area contributed by atoms with E-state index >= 15 is 0 Å². The number of nitrogens with zero attached hydrogens (tertiary/aromatic N) is 3. The van der Waals surface area contributed by atoms with Crippen molar-refractivity contribution >= 4 is 0 Å². The van der Waals surface area contributed by atoms with Crippen LogP contribution in [0.4, 0.5) is 0 Å². The molecule has 0 amide bonds. The van der Waals surface area contributed by atoms with Crippen LogP contribution in [0.25, 0.3) is 0 Å².